The van der Waals surface area contributed by atoms with Crippen molar-refractivity contribution < 1.29 is 4.79 Å². The molecule has 0 aromatic carbocycles. The van der Waals surface area contributed by atoms with Gasteiger partial charge in [-0.1, -0.05) is 34.3 Å². The van der Waals surface area contributed by atoms with Gasteiger partial charge in [0, 0.05) is 13.1 Å². The molecule has 16 heavy (non-hydrogen) atoms. The molecule has 0 aliphatic carbocycles. The van der Waals surface area contributed by atoms with Crippen molar-refractivity contribution in [1.82, 2.24) is 4.90 Å². The average Bonchev–Trinajstić information content (AvgIpc) is 2.26. The summed E-state index contributed by atoms with van der Waals surface area (Å²) >= 11 is 0. The number of rotatable bonds is 3. The number of nitrogens with zero attached hydrogens (tertiary/aromatic N) is 1. The van der Waals surface area contributed by atoms with Gasteiger partial charge in [-0.25, -0.2) is 0 Å². The standard InChI is InChI=1S/C14H25NO/c1-6-14(16)15-8-7-12(10(2)3)13(9-15)11(4)5/h6,10-13H,1,7-9H2,2-5H3. The van der Waals surface area contributed by atoms with Gasteiger partial charge in [-0.05, 0) is 36.2 Å². The summed E-state index contributed by atoms with van der Waals surface area (Å²) in [5.74, 6) is 2.85. The van der Waals surface area contributed by atoms with E-state index in [-0.39, 0.29) is 5.91 Å². The Labute approximate surface area is 99.7 Å². The Morgan fingerprint density at radius 2 is 1.81 bits per heavy atom. The van der Waals surface area contributed by atoms with Gasteiger partial charge in [0.25, 0.3) is 0 Å². The number of carbonyl (C=O) groups excluding carboxylic acids is 1. The molecule has 1 aliphatic rings. The van der Waals surface area contributed by atoms with E-state index in [1.807, 2.05) is 4.90 Å². The van der Waals surface area contributed by atoms with Gasteiger partial charge in [-0.15, -0.1) is 0 Å². The monoisotopic (exact) mass is 223 g/mol. The lowest BCUT2D eigenvalue weighted by atomic mass is 9.73. The average molecular weight is 223 g/mol. The topological polar surface area (TPSA) is 20.3 Å². The normalized spacial score (nSPS) is 26.2. The Morgan fingerprint density at radius 1 is 1.25 bits per heavy atom. The first kappa shape index (κ1) is 13.3. The van der Waals surface area contributed by atoms with Crippen LogP contribution in [0.2, 0.25) is 0 Å². The maximum Gasteiger partial charge on any atom is 0.245 e. The molecule has 0 aromatic heterocycles. The van der Waals surface area contributed by atoms with E-state index >= 15 is 0 Å². The molecular formula is C14H25NO. The van der Waals surface area contributed by atoms with Crippen molar-refractivity contribution in [1.29, 1.82) is 0 Å². The SMILES string of the molecule is C=CC(=O)N1CCC(C(C)C)C(C(C)C)C1. The Kier molecular flexibility index (Phi) is 4.57. The second-order valence-corrected chi connectivity index (χ2v) is 5.59. The van der Waals surface area contributed by atoms with Gasteiger partial charge in [0.2, 0.25) is 5.91 Å². The summed E-state index contributed by atoms with van der Waals surface area (Å²) in [5.41, 5.74) is 0. The van der Waals surface area contributed by atoms with Crippen molar-refractivity contribution in [2.45, 2.75) is 34.1 Å². The zero-order chi connectivity index (χ0) is 12.3. The van der Waals surface area contributed by atoms with Crippen LogP contribution in [0.1, 0.15) is 34.1 Å². The minimum Gasteiger partial charge on any atom is -0.339 e. The maximum atomic E-state index is 11.6. The number of hydrogen-bond donors (Lipinski definition) is 0. The zero-order valence-corrected chi connectivity index (χ0v) is 11.1. The molecule has 0 N–H and O–H groups in total. The zero-order valence-electron chi connectivity index (χ0n) is 11.1. The summed E-state index contributed by atoms with van der Waals surface area (Å²) in [5, 5.41) is 0. The van der Waals surface area contributed by atoms with E-state index in [4.69, 9.17) is 0 Å². The van der Waals surface area contributed by atoms with Crippen molar-refractivity contribution in [2.24, 2.45) is 23.7 Å². The van der Waals surface area contributed by atoms with Crippen LogP contribution in [-0.4, -0.2) is 23.9 Å². The van der Waals surface area contributed by atoms with Gasteiger partial charge in [-0.3, -0.25) is 4.79 Å². The molecule has 2 heteroatoms. The van der Waals surface area contributed by atoms with Crippen molar-refractivity contribution in [3.63, 3.8) is 0 Å². The first-order valence-corrected chi connectivity index (χ1v) is 6.38. The number of carbonyl (C=O) groups is 1. The van der Waals surface area contributed by atoms with Crippen LogP contribution in [0.25, 0.3) is 0 Å². The predicted octanol–water partition coefficient (Wildman–Crippen LogP) is 2.95. The van der Waals surface area contributed by atoms with Gasteiger partial charge in [0.1, 0.15) is 0 Å². The van der Waals surface area contributed by atoms with E-state index in [1.165, 1.54) is 6.08 Å². The molecule has 2 atom stereocenters. The minimum atomic E-state index is 0.0906. The second kappa shape index (κ2) is 5.51. The number of likely N-dealkylation sites (tertiary alicyclic amines) is 1. The van der Waals surface area contributed by atoms with E-state index in [0.717, 1.165) is 25.4 Å². The molecule has 1 aliphatic heterocycles. The Hall–Kier alpha value is -0.790. The van der Waals surface area contributed by atoms with Crippen LogP contribution >= 0.6 is 0 Å². The molecule has 2 unspecified atom stereocenters. The van der Waals surface area contributed by atoms with Gasteiger partial charge in [0.05, 0.1) is 0 Å². The summed E-state index contributed by atoms with van der Waals surface area (Å²) in [7, 11) is 0. The summed E-state index contributed by atoms with van der Waals surface area (Å²) in [4.78, 5) is 13.6. The second-order valence-electron chi connectivity index (χ2n) is 5.59. The van der Waals surface area contributed by atoms with Crippen molar-refractivity contribution in [3.05, 3.63) is 12.7 Å². The molecule has 92 valence electrons. The fraction of sp³-hybridized carbons (Fsp3) is 0.786. The highest BCUT2D eigenvalue weighted by Gasteiger charge is 2.33. The van der Waals surface area contributed by atoms with E-state index < -0.39 is 0 Å². The number of hydrogen-bond acceptors (Lipinski definition) is 1. The molecule has 0 bridgehead atoms. The lowest BCUT2D eigenvalue weighted by molar-refractivity contribution is -0.129. The Morgan fingerprint density at radius 3 is 2.25 bits per heavy atom. The third-order valence-electron chi connectivity index (χ3n) is 3.91. The first-order chi connectivity index (χ1) is 7.47. The minimum absolute atomic E-state index is 0.0906. The highest BCUT2D eigenvalue weighted by atomic mass is 16.2. The largest absolute Gasteiger partial charge is 0.339 e. The van der Waals surface area contributed by atoms with Crippen LogP contribution in [0.15, 0.2) is 12.7 Å². The molecule has 2 nitrogen and oxygen atoms in total. The molecule has 0 saturated carbocycles. The van der Waals surface area contributed by atoms with Crippen LogP contribution in [-0.2, 0) is 4.79 Å². The molecule has 1 amide bonds. The van der Waals surface area contributed by atoms with E-state index in [9.17, 15) is 4.79 Å². The molecule has 1 rings (SSSR count). The van der Waals surface area contributed by atoms with E-state index in [1.54, 1.807) is 0 Å². The summed E-state index contributed by atoms with van der Waals surface area (Å²) in [6.45, 7) is 14.5. The lowest BCUT2D eigenvalue weighted by Crippen LogP contribution is -2.46. The van der Waals surface area contributed by atoms with Gasteiger partial charge in [0.15, 0.2) is 0 Å². The van der Waals surface area contributed by atoms with E-state index in [2.05, 4.69) is 34.3 Å². The maximum absolute atomic E-state index is 11.6. The molecular weight excluding hydrogens is 198 g/mol. The van der Waals surface area contributed by atoms with E-state index in [0.29, 0.717) is 17.8 Å². The van der Waals surface area contributed by atoms with Crippen LogP contribution < -0.4 is 0 Å². The highest BCUT2D eigenvalue weighted by Crippen LogP contribution is 2.34. The molecule has 1 fully saturated rings. The highest BCUT2D eigenvalue weighted by molar-refractivity contribution is 5.87. The van der Waals surface area contributed by atoms with Crippen LogP contribution in [0, 0.1) is 23.7 Å². The fourth-order valence-electron chi connectivity index (χ4n) is 2.86. The van der Waals surface area contributed by atoms with Crippen molar-refractivity contribution >= 4 is 5.91 Å². The molecule has 1 saturated heterocycles. The number of piperidine rings is 1. The van der Waals surface area contributed by atoms with Gasteiger partial charge < -0.3 is 4.90 Å². The molecule has 0 radical (unpaired) electrons. The number of amides is 1. The quantitative estimate of drug-likeness (QED) is 0.674. The Bertz CT molecular complexity index is 257. The van der Waals surface area contributed by atoms with Crippen molar-refractivity contribution in [3.8, 4) is 0 Å². The van der Waals surface area contributed by atoms with Gasteiger partial charge in [-0.2, -0.15) is 0 Å². The fourth-order valence-corrected chi connectivity index (χ4v) is 2.86. The summed E-state index contributed by atoms with van der Waals surface area (Å²) < 4.78 is 0. The smallest absolute Gasteiger partial charge is 0.245 e. The lowest BCUT2D eigenvalue weighted by Gasteiger charge is -2.42. The summed E-state index contributed by atoms with van der Waals surface area (Å²) in [6.07, 6.45) is 2.58. The summed E-state index contributed by atoms with van der Waals surface area (Å²) in [6, 6.07) is 0. The third-order valence-corrected chi connectivity index (χ3v) is 3.91. The van der Waals surface area contributed by atoms with Crippen molar-refractivity contribution in [2.75, 3.05) is 13.1 Å². The van der Waals surface area contributed by atoms with Crippen LogP contribution in [0.4, 0.5) is 0 Å². The predicted molar refractivity (Wildman–Crippen MR) is 68.1 cm³/mol. The van der Waals surface area contributed by atoms with Crippen LogP contribution in [0.5, 0.6) is 0 Å². The first-order valence-electron chi connectivity index (χ1n) is 6.38. The molecule has 1 heterocycles. The van der Waals surface area contributed by atoms with Gasteiger partial charge >= 0.3 is 0 Å². The third kappa shape index (κ3) is 2.87. The Balaban J connectivity index is 2.72. The molecule has 0 spiro atoms. The molecule has 0 aromatic rings. The van der Waals surface area contributed by atoms with Crippen LogP contribution in [0.3, 0.4) is 0 Å².